The van der Waals surface area contributed by atoms with Crippen molar-refractivity contribution in [3.63, 3.8) is 0 Å². The molecule has 1 unspecified atom stereocenters. The highest BCUT2D eigenvalue weighted by molar-refractivity contribution is 7.99. The van der Waals surface area contributed by atoms with Crippen molar-refractivity contribution >= 4 is 23.1 Å². The first-order valence-electron chi connectivity index (χ1n) is 10.6. The van der Waals surface area contributed by atoms with Gasteiger partial charge in [-0.25, -0.2) is 4.39 Å². The topological polar surface area (TPSA) is 78.9 Å². The SMILES string of the molecule is CCOc1ccc(-c2nnc(SC(C)c3nnc(-c4cccs4)o3)n2-c2ccccc2F)cc1. The molecule has 0 amide bonds. The average Bonchev–Trinajstić information content (AvgIpc) is 3.61. The Labute approximate surface area is 203 Å². The minimum absolute atomic E-state index is 0.232. The fourth-order valence-corrected chi connectivity index (χ4v) is 4.89. The van der Waals surface area contributed by atoms with Gasteiger partial charge in [-0.05, 0) is 61.7 Å². The van der Waals surface area contributed by atoms with Crippen molar-refractivity contribution in [1.29, 1.82) is 0 Å². The van der Waals surface area contributed by atoms with E-state index in [-0.39, 0.29) is 11.1 Å². The molecule has 0 saturated heterocycles. The van der Waals surface area contributed by atoms with Crippen LogP contribution in [0.4, 0.5) is 4.39 Å². The number of thioether (sulfide) groups is 1. The largest absolute Gasteiger partial charge is 0.494 e. The highest BCUT2D eigenvalue weighted by Gasteiger charge is 2.24. The van der Waals surface area contributed by atoms with Crippen molar-refractivity contribution < 1.29 is 13.5 Å². The van der Waals surface area contributed by atoms with Gasteiger partial charge in [-0.1, -0.05) is 30.0 Å². The van der Waals surface area contributed by atoms with Crippen LogP contribution in [0.15, 0.2) is 75.6 Å². The van der Waals surface area contributed by atoms with Crippen molar-refractivity contribution in [3.05, 3.63) is 77.8 Å². The first kappa shape index (κ1) is 22.3. The molecular weight excluding hydrogens is 473 g/mol. The van der Waals surface area contributed by atoms with Crippen LogP contribution in [0.2, 0.25) is 0 Å². The molecule has 0 saturated carbocycles. The Balaban J connectivity index is 1.50. The Morgan fingerprint density at radius 2 is 1.85 bits per heavy atom. The highest BCUT2D eigenvalue weighted by Crippen LogP contribution is 2.38. The Hall–Kier alpha value is -3.50. The molecule has 1 atom stereocenters. The molecule has 0 bridgehead atoms. The lowest BCUT2D eigenvalue weighted by molar-refractivity contribution is 0.340. The summed E-state index contributed by atoms with van der Waals surface area (Å²) in [6, 6.07) is 17.9. The van der Waals surface area contributed by atoms with Gasteiger partial charge in [0.1, 0.15) is 11.6 Å². The van der Waals surface area contributed by atoms with Gasteiger partial charge in [0.2, 0.25) is 5.89 Å². The first-order chi connectivity index (χ1) is 16.6. The molecule has 0 N–H and O–H groups in total. The van der Waals surface area contributed by atoms with Crippen molar-refractivity contribution in [2.24, 2.45) is 0 Å². The molecule has 10 heteroatoms. The van der Waals surface area contributed by atoms with Gasteiger partial charge in [-0.2, -0.15) is 0 Å². The number of halogens is 1. The van der Waals surface area contributed by atoms with Gasteiger partial charge in [0.05, 0.1) is 22.4 Å². The molecule has 3 aromatic heterocycles. The van der Waals surface area contributed by atoms with Gasteiger partial charge in [-0.3, -0.25) is 4.57 Å². The molecule has 5 rings (SSSR count). The highest BCUT2D eigenvalue weighted by atomic mass is 32.2. The minimum atomic E-state index is -0.373. The predicted octanol–water partition coefficient (Wildman–Crippen LogP) is 6.44. The maximum atomic E-state index is 14.9. The lowest BCUT2D eigenvalue weighted by atomic mass is 10.2. The molecule has 0 spiro atoms. The Bertz CT molecular complexity index is 1380. The van der Waals surface area contributed by atoms with Gasteiger partial charge in [0, 0.05) is 5.56 Å². The number of rotatable bonds is 8. The van der Waals surface area contributed by atoms with Gasteiger partial charge in [0.25, 0.3) is 5.89 Å². The third-order valence-electron chi connectivity index (χ3n) is 4.95. The van der Waals surface area contributed by atoms with Crippen molar-refractivity contribution in [1.82, 2.24) is 25.0 Å². The molecule has 7 nitrogen and oxygen atoms in total. The van der Waals surface area contributed by atoms with Crippen LogP contribution in [0.5, 0.6) is 5.75 Å². The Morgan fingerprint density at radius 3 is 2.59 bits per heavy atom. The number of hydrogen-bond acceptors (Lipinski definition) is 8. The fraction of sp³-hybridized carbons (Fsp3) is 0.167. The van der Waals surface area contributed by atoms with Crippen LogP contribution in [0.25, 0.3) is 27.8 Å². The van der Waals surface area contributed by atoms with Crippen LogP contribution in [0.3, 0.4) is 0 Å². The minimum Gasteiger partial charge on any atom is -0.494 e. The summed E-state index contributed by atoms with van der Waals surface area (Å²) in [5, 5.41) is 19.4. The lowest BCUT2D eigenvalue weighted by Gasteiger charge is -2.13. The number of benzene rings is 2. The summed E-state index contributed by atoms with van der Waals surface area (Å²) in [6.07, 6.45) is 0. The van der Waals surface area contributed by atoms with E-state index >= 15 is 0 Å². The maximum absolute atomic E-state index is 14.9. The van der Waals surface area contributed by atoms with E-state index in [4.69, 9.17) is 9.15 Å². The fourth-order valence-electron chi connectivity index (χ4n) is 3.36. The van der Waals surface area contributed by atoms with E-state index in [1.54, 1.807) is 22.8 Å². The zero-order valence-corrected chi connectivity index (χ0v) is 20.0. The van der Waals surface area contributed by atoms with Crippen LogP contribution < -0.4 is 4.74 Å². The van der Waals surface area contributed by atoms with E-state index in [1.807, 2.05) is 55.6 Å². The monoisotopic (exact) mass is 493 g/mol. The van der Waals surface area contributed by atoms with E-state index in [9.17, 15) is 4.39 Å². The maximum Gasteiger partial charge on any atom is 0.257 e. The summed E-state index contributed by atoms with van der Waals surface area (Å²) in [4.78, 5) is 0.906. The number of thiophene rings is 1. The molecular formula is C24H20FN5O2S2. The third-order valence-corrected chi connectivity index (χ3v) is 6.84. The standard InChI is InChI=1S/C24H20FN5O2S2/c1-3-31-17-12-10-16(11-13-17)21-26-29-24(30(21)19-8-5-4-7-18(19)25)34-15(2)22-27-28-23(32-22)20-9-6-14-33-20/h4-15H,3H2,1-2H3. The van der Waals surface area contributed by atoms with Gasteiger partial charge < -0.3 is 9.15 Å². The van der Waals surface area contributed by atoms with Crippen LogP contribution in [-0.2, 0) is 0 Å². The van der Waals surface area contributed by atoms with E-state index in [1.165, 1.54) is 29.2 Å². The summed E-state index contributed by atoms with van der Waals surface area (Å²) in [7, 11) is 0. The molecule has 0 aliphatic carbocycles. The quantitative estimate of drug-likeness (QED) is 0.230. The van der Waals surface area contributed by atoms with Gasteiger partial charge >= 0.3 is 0 Å². The molecule has 172 valence electrons. The van der Waals surface area contributed by atoms with Gasteiger partial charge in [0.15, 0.2) is 11.0 Å². The predicted molar refractivity (Wildman–Crippen MR) is 130 cm³/mol. The van der Waals surface area contributed by atoms with Gasteiger partial charge in [-0.15, -0.1) is 31.7 Å². The Kier molecular flexibility index (Phi) is 6.41. The summed E-state index contributed by atoms with van der Waals surface area (Å²) in [6.45, 7) is 4.45. The van der Waals surface area contributed by atoms with E-state index in [2.05, 4.69) is 20.4 Å². The number of aromatic nitrogens is 5. The molecule has 0 fully saturated rings. The van der Waals surface area contributed by atoms with Crippen molar-refractivity contribution in [2.75, 3.05) is 6.61 Å². The molecule has 0 aliphatic rings. The molecule has 2 aromatic carbocycles. The molecule has 3 heterocycles. The zero-order valence-electron chi connectivity index (χ0n) is 18.4. The van der Waals surface area contributed by atoms with E-state index < -0.39 is 0 Å². The third kappa shape index (κ3) is 4.46. The number of para-hydroxylation sites is 1. The number of hydrogen-bond donors (Lipinski definition) is 0. The first-order valence-corrected chi connectivity index (χ1v) is 12.4. The molecule has 0 aliphatic heterocycles. The van der Waals surface area contributed by atoms with Crippen molar-refractivity contribution in [3.8, 4) is 33.6 Å². The number of ether oxygens (including phenoxy) is 1. The van der Waals surface area contributed by atoms with E-state index in [0.29, 0.717) is 35.1 Å². The van der Waals surface area contributed by atoms with Crippen LogP contribution in [0.1, 0.15) is 25.0 Å². The normalized spacial score (nSPS) is 12.1. The second kappa shape index (κ2) is 9.78. The summed E-state index contributed by atoms with van der Waals surface area (Å²) in [5.41, 5.74) is 1.15. The summed E-state index contributed by atoms with van der Waals surface area (Å²) >= 11 is 2.90. The van der Waals surface area contributed by atoms with Crippen LogP contribution in [0, 0.1) is 5.82 Å². The smallest absolute Gasteiger partial charge is 0.257 e. The van der Waals surface area contributed by atoms with Crippen LogP contribution >= 0.6 is 23.1 Å². The summed E-state index contributed by atoms with van der Waals surface area (Å²) < 4.78 is 28.0. The molecule has 34 heavy (non-hydrogen) atoms. The lowest BCUT2D eigenvalue weighted by Crippen LogP contribution is -2.03. The second-order valence-electron chi connectivity index (χ2n) is 7.23. The Morgan fingerprint density at radius 1 is 1.03 bits per heavy atom. The molecule has 0 radical (unpaired) electrons. The average molecular weight is 494 g/mol. The van der Waals surface area contributed by atoms with E-state index in [0.717, 1.165) is 16.2 Å². The van der Waals surface area contributed by atoms with Crippen molar-refractivity contribution in [2.45, 2.75) is 24.3 Å². The van der Waals surface area contributed by atoms with Crippen LogP contribution in [-0.4, -0.2) is 31.6 Å². The molecule has 5 aromatic rings. The zero-order chi connectivity index (χ0) is 23.5. The summed E-state index contributed by atoms with van der Waals surface area (Å²) in [5.74, 6) is 1.83. The second-order valence-corrected chi connectivity index (χ2v) is 9.49. The number of nitrogens with zero attached hydrogens (tertiary/aromatic N) is 5.